The van der Waals surface area contributed by atoms with E-state index in [1.165, 1.54) is 12.4 Å². The lowest BCUT2D eigenvalue weighted by Crippen LogP contribution is -1.94. The molecule has 0 amide bonds. The van der Waals surface area contributed by atoms with Crippen molar-refractivity contribution in [1.82, 2.24) is 10.1 Å². The van der Waals surface area contributed by atoms with E-state index in [0.717, 1.165) is 12.1 Å². The van der Waals surface area contributed by atoms with Gasteiger partial charge in [0.1, 0.15) is 5.82 Å². The molecule has 2 rings (SSSR count). The Labute approximate surface area is 83.2 Å². The molecule has 0 bridgehead atoms. The highest BCUT2D eigenvalue weighted by Crippen LogP contribution is 2.22. The molecule has 1 N–H and O–H groups in total. The first-order valence-corrected chi connectivity index (χ1v) is 3.98. The lowest BCUT2D eigenvalue weighted by Gasteiger charge is -1.94. The molecular formula is C9H5FN2O3. The fourth-order valence-corrected chi connectivity index (χ4v) is 1.06. The Morgan fingerprint density at radius 1 is 1.53 bits per heavy atom. The van der Waals surface area contributed by atoms with Gasteiger partial charge in [0.15, 0.2) is 11.5 Å². The molecule has 2 heterocycles. The van der Waals surface area contributed by atoms with Crippen LogP contribution in [-0.4, -0.2) is 21.2 Å². The summed E-state index contributed by atoms with van der Waals surface area (Å²) in [6, 6.07) is 2.29. The van der Waals surface area contributed by atoms with Crippen molar-refractivity contribution in [1.29, 1.82) is 0 Å². The molecule has 0 saturated heterocycles. The Balaban J connectivity index is 2.46. The number of rotatable bonds is 2. The maximum Gasteiger partial charge on any atom is 0.358 e. The molecule has 6 heteroatoms. The lowest BCUT2D eigenvalue weighted by molar-refractivity contribution is 0.0686. The highest BCUT2D eigenvalue weighted by molar-refractivity contribution is 5.86. The maximum absolute atomic E-state index is 13.2. The van der Waals surface area contributed by atoms with Crippen molar-refractivity contribution in [2.45, 2.75) is 0 Å². The van der Waals surface area contributed by atoms with Crippen LogP contribution in [0.1, 0.15) is 10.5 Å². The van der Waals surface area contributed by atoms with Crippen LogP contribution in [0.5, 0.6) is 0 Å². The largest absolute Gasteiger partial charge is 0.476 e. The first kappa shape index (κ1) is 9.32. The summed E-state index contributed by atoms with van der Waals surface area (Å²) in [5.74, 6) is -1.73. The zero-order chi connectivity index (χ0) is 10.8. The van der Waals surface area contributed by atoms with Gasteiger partial charge in [-0.15, -0.1) is 0 Å². The number of aromatic nitrogens is 2. The molecule has 5 nitrogen and oxygen atoms in total. The molecule has 0 atom stereocenters. The smallest absolute Gasteiger partial charge is 0.358 e. The van der Waals surface area contributed by atoms with E-state index in [1.54, 1.807) is 0 Å². The Kier molecular flexibility index (Phi) is 2.17. The molecule has 0 aliphatic rings. The van der Waals surface area contributed by atoms with Gasteiger partial charge in [-0.25, -0.2) is 9.18 Å². The zero-order valence-corrected chi connectivity index (χ0v) is 7.35. The van der Waals surface area contributed by atoms with Crippen molar-refractivity contribution in [3.05, 3.63) is 36.0 Å². The molecule has 0 aliphatic heterocycles. The summed E-state index contributed by atoms with van der Waals surface area (Å²) < 4.78 is 17.9. The molecule has 76 valence electrons. The quantitative estimate of drug-likeness (QED) is 0.810. The molecule has 0 fully saturated rings. The first-order chi connectivity index (χ1) is 7.18. The minimum absolute atomic E-state index is 0.0398. The van der Waals surface area contributed by atoms with Gasteiger partial charge in [-0.05, 0) is 6.07 Å². The summed E-state index contributed by atoms with van der Waals surface area (Å²) in [6.07, 6.45) is 2.52. The van der Waals surface area contributed by atoms with Crippen LogP contribution in [0.2, 0.25) is 0 Å². The monoisotopic (exact) mass is 208 g/mol. The number of hydrogen-bond acceptors (Lipinski definition) is 4. The van der Waals surface area contributed by atoms with Crippen molar-refractivity contribution >= 4 is 5.97 Å². The molecule has 0 spiro atoms. The number of carboxylic acid groups (broad SMARTS) is 1. The van der Waals surface area contributed by atoms with Crippen molar-refractivity contribution in [2.24, 2.45) is 0 Å². The van der Waals surface area contributed by atoms with Crippen molar-refractivity contribution in [3.63, 3.8) is 0 Å². The highest BCUT2D eigenvalue weighted by atomic mass is 19.1. The minimum atomic E-state index is -1.23. The summed E-state index contributed by atoms with van der Waals surface area (Å²) >= 11 is 0. The predicted octanol–water partition coefficient (Wildman–Crippen LogP) is 1.57. The van der Waals surface area contributed by atoms with Gasteiger partial charge < -0.3 is 9.63 Å². The van der Waals surface area contributed by atoms with Crippen LogP contribution in [0.4, 0.5) is 4.39 Å². The average molecular weight is 208 g/mol. The van der Waals surface area contributed by atoms with Gasteiger partial charge in [0.2, 0.25) is 0 Å². The molecule has 0 unspecified atom stereocenters. The molecule has 0 saturated carbocycles. The van der Waals surface area contributed by atoms with Crippen LogP contribution < -0.4 is 0 Å². The molecule has 0 aromatic carbocycles. The highest BCUT2D eigenvalue weighted by Gasteiger charge is 2.14. The lowest BCUT2D eigenvalue weighted by atomic mass is 10.2. The third-order valence-corrected chi connectivity index (χ3v) is 1.76. The number of hydrogen-bond donors (Lipinski definition) is 1. The Morgan fingerprint density at radius 2 is 2.33 bits per heavy atom. The van der Waals surface area contributed by atoms with Crippen LogP contribution in [0, 0.1) is 5.82 Å². The average Bonchev–Trinajstić information content (AvgIpc) is 2.67. The summed E-state index contributed by atoms with van der Waals surface area (Å²) in [4.78, 5) is 14.2. The third-order valence-electron chi connectivity index (χ3n) is 1.76. The van der Waals surface area contributed by atoms with Crippen LogP contribution >= 0.6 is 0 Å². The van der Waals surface area contributed by atoms with Crippen molar-refractivity contribution < 1.29 is 18.8 Å². The summed E-state index contributed by atoms with van der Waals surface area (Å²) in [7, 11) is 0. The van der Waals surface area contributed by atoms with E-state index >= 15 is 0 Å². The number of nitrogens with zero attached hydrogens (tertiary/aromatic N) is 2. The number of carboxylic acids is 1. The van der Waals surface area contributed by atoms with Crippen molar-refractivity contribution in [3.8, 4) is 11.3 Å². The fraction of sp³-hybridized carbons (Fsp3) is 0. The zero-order valence-electron chi connectivity index (χ0n) is 7.35. The van der Waals surface area contributed by atoms with E-state index in [2.05, 4.69) is 14.7 Å². The van der Waals surface area contributed by atoms with Gasteiger partial charge in [0.25, 0.3) is 0 Å². The van der Waals surface area contributed by atoms with Crippen molar-refractivity contribution in [2.75, 3.05) is 0 Å². The van der Waals surface area contributed by atoms with Gasteiger partial charge in [0.05, 0.1) is 5.56 Å². The maximum atomic E-state index is 13.2. The number of pyridine rings is 1. The van der Waals surface area contributed by atoms with E-state index in [0.29, 0.717) is 0 Å². The van der Waals surface area contributed by atoms with Gasteiger partial charge in [0, 0.05) is 18.5 Å². The second-order valence-corrected chi connectivity index (χ2v) is 2.74. The minimum Gasteiger partial charge on any atom is -0.476 e. The van der Waals surface area contributed by atoms with Gasteiger partial charge in [-0.3, -0.25) is 4.98 Å². The summed E-state index contributed by atoms with van der Waals surface area (Å²) in [5, 5.41) is 11.8. The number of aromatic carboxylic acids is 1. The normalized spacial score (nSPS) is 10.2. The number of carbonyl (C=O) groups is 1. The number of halogens is 1. The van der Waals surface area contributed by atoms with E-state index in [4.69, 9.17) is 5.11 Å². The second kappa shape index (κ2) is 3.49. The predicted molar refractivity (Wildman–Crippen MR) is 46.7 cm³/mol. The van der Waals surface area contributed by atoms with Gasteiger partial charge in [-0.2, -0.15) is 0 Å². The summed E-state index contributed by atoms with van der Waals surface area (Å²) in [6.45, 7) is 0. The SMILES string of the molecule is O=C(O)c1cc(-c2cnccc2F)on1. The first-order valence-electron chi connectivity index (χ1n) is 3.98. The molecular weight excluding hydrogens is 203 g/mol. The van der Waals surface area contributed by atoms with Crippen LogP contribution in [0.25, 0.3) is 11.3 Å². The molecule has 15 heavy (non-hydrogen) atoms. The third kappa shape index (κ3) is 1.69. The van der Waals surface area contributed by atoms with Gasteiger partial charge in [-0.1, -0.05) is 5.16 Å². The fourth-order valence-electron chi connectivity index (χ4n) is 1.06. The Bertz CT molecular complexity index is 510. The second-order valence-electron chi connectivity index (χ2n) is 2.74. The van der Waals surface area contributed by atoms with Gasteiger partial charge >= 0.3 is 5.97 Å². The Morgan fingerprint density at radius 3 is 2.93 bits per heavy atom. The van der Waals surface area contributed by atoms with E-state index < -0.39 is 11.8 Å². The van der Waals surface area contributed by atoms with Crippen LogP contribution in [0.15, 0.2) is 29.0 Å². The van der Waals surface area contributed by atoms with E-state index in [-0.39, 0.29) is 17.0 Å². The molecule has 0 aliphatic carbocycles. The van der Waals surface area contributed by atoms with E-state index in [1.807, 2.05) is 0 Å². The standard InChI is InChI=1S/C9H5FN2O3/c10-6-1-2-11-4-5(6)8-3-7(9(13)14)12-15-8/h1-4H,(H,13,14). The Hall–Kier alpha value is -2.24. The molecule has 0 radical (unpaired) electrons. The molecule has 2 aromatic heterocycles. The topological polar surface area (TPSA) is 76.2 Å². The van der Waals surface area contributed by atoms with Crippen LogP contribution in [-0.2, 0) is 0 Å². The summed E-state index contributed by atoms with van der Waals surface area (Å²) in [5.41, 5.74) is -0.189. The van der Waals surface area contributed by atoms with Crippen LogP contribution in [0.3, 0.4) is 0 Å². The van der Waals surface area contributed by atoms with E-state index in [9.17, 15) is 9.18 Å². The molecule has 2 aromatic rings.